The molecule has 2 fully saturated rings. The van der Waals surface area contributed by atoms with E-state index in [2.05, 4.69) is 0 Å². The maximum Gasteiger partial charge on any atom is 0.330 e. The zero-order valence-corrected chi connectivity index (χ0v) is 11.4. The summed E-state index contributed by atoms with van der Waals surface area (Å²) in [5.74, 6) is -2.02. The highest BCUT2D eigenvalue weighted by Crippen LogP contribution is 2.42. The number of nitrogens with one attached hydrogen (secondary N) is 1. The van der Waals surface area contributed by atoms with Crippen LogP contribution in [-0.2, 0) is 14.2 Å². The topological polar surface area (TPSA) is 103 Å². The number of aromatic amines is 1. The molecule has 0 unspecified atom stereocenters. The number of hydrogen-bond donors (Lipinski definition) is 2. The fourth-order valence-corrected chi connectivity index (χ4v) is 2.68. The SMILES string of the molecule is CC1(C)O[C@H]2[C@H](O1)[C@@H](CO)O[C@H]2n1cc(F)c(=O)[nH]c1=O. The molecule has 0 aromatic carbocycles. The zero-order chi connectivity index (χ0) is 15.4. The van der Waals surface area contributed by atoms with Crippen molar-refractivity contribution < 1.29 is 23.7 Å². The van der Waals surface area contributed by atoms with Crippen LogP contribution in [0.3, 0.4) is 0 Å². The molecule has 3 rings (SSSR count). The molecule has 3 heterocycles. The third-order valence-corrected chi connectivity index (χ3v) is 3.50. The van der Waals surface area contributed by atoms with Gasteiger partial charge in [0.1, 0.15) is 18.3 Å². The van der Waals surface area contributed by atoms with E-state index < -0.39 is 47.4 Å². The van der Waals surface area contributed by atoms with Crippen molar-refractivity contribution in [2.24, 2.45) is 0 Å². The highest BCUT2D eigenvalue weighted by atomic mass is 19.1. The molecule has 9 heteroatoms. The normalized spacial score (nSPS) is 34.1. The van der Waals surface area contributed by atoms with Crippen LogP contribution >= 0.6 is 0 Å². The first-order valence-corrected chi connectivity index (χ1v) is 6.45. The Kier molecular flexibility index (Phi) is 3.24. The Bertz CT molecular complexity index is 668. The maximum absolute atomic E-state index is 13.4. The van der Waals surface area contributed by atoms with Gasteiger partial charge in [0.2, 0.25) is 5.82 Å². The highest BCUT2D eigenvalue weighted by Gasteiger charge is 2.55. The van der Waals surface area contributed by atoms with E-state index in [1.165, 1.54) is 0 Å². The van der Waals surface area contributed by atoms with Crippen molar-refractivity contribution in [3.8, 4) is 0 Å². The van der Waals surface area contributed by atoms with Gasteiger partial charge in [-0.25, -0.2) is 4.79 Å². The molecule has 21 heavy (non-hydrogen) atoms. The van der Waals surface area contributed by atoms with E-state index in [1.807, 2.05) is 4.98 Å². The van der Waals surface area contributed by atoms with Crippen molar-refractivity contribution in [2.75, 3.05) is 6.61 Å². The first-order chi connectivity index (χ1) is 9.82. The number of rotatable bonds is 2. The third kappa shape index (κ3) is 2.31. The van der Waals surface area contributed by atoms with E-state index in [-0.39, 0.29) is 6.61 Å². The second-order valence-corrected chi connectivity index (χ2v) is 5.46. The van der Waals surface area contributed by atoms with E-state index in [0.29, 0.717) is 0 Å². The molecule has 2 N–H and O–H groups in total. The lowest BCUT2D eigenvalue weighted by molar-refractivity contribution is -0.200. The molecule has 2 saturated heterocycles. The number of fused-ring (bicyclic) bond motifs is 1. The number of hydrogen-bond acceptors (Lipinski definition) is 6. The summed E-state index contributed by atoms with van der Waals surface area (Å²) in [6.45, 7) is 3.04. The van der Waals surface area contributed by atoms with Gasteiger partial charge in [-0.15, -0.1) is 0 Å². The van der Waals surface area contributed by atoms with Crippen LogP contribution in [0.2, 0.25) is 0 Å². The minimum absolute atomic E-state index is 0.336. The fourth-order valence-electron chi connectivity index (χ4n) is 2.68. The van der Waals surface area contributed by atoms with Gasteiger partial charge in [-0.3, -0.25) is 14.3 Å². The highest BCUT2D eigenvalue weighted by molar-refractivity contribution is 4.99. The summed E-state index contributed by atoms with van der Waals surface area (Å²) in [5.41, 5.74) is -1.93. The average Bonchev–Trinajstić information content (AvgIpc) is 2.87. The molecule has 2 aliphatic heterocycles. The second kappa shape index (κ2) is 4.73. The van der Waals surface area contributed by atoms with Gasteiger partial charge in [0.25, 0.3) is 5.56 Å². The Hall–Kier alpha value is -1.55. The molecular weight excluding hydrogens is 287 g/mol. The molecule has 0 spiro atoms. The summed E-state index contributed by atoms with van der Waals surface area (Å²) < 4.78 is 31.1. The van der Waals surface area contributed by atoms with Crippen molar-refractivity contribution in [3.05, 3.63) is 32.9 Å². The minimum atomic E-state index is -1.11. The average molecular weight is 302 g/mol. The maximum atomic E-state index is 13.4. The van der Waals surface area contributed by atoms with E-state index in [9.17, 15) is 19.1 Å². The molecule has 116 valence electrons. The van der Waals surface area contributed by atoms with Crippen LogP contribution in [0.5, 0.6) is 0 Å². The molecule has 0 amide bonds. The van der Waals surface area contributed by atoms with Crippen molar-refractivity contribution in [1.29, 1.82) is 0 Å². The predicted molar refractivity (Wildman–Crippen MR) is 66.1 cm³/mol. The quantitative estimate of drug-likeness (QED) is 0.733. The van der Waals surface area contributed by atoms with Crippen LogP contribution in [0.1, 0.15) is 20.1 Å². The molecule has 0 aliphatic carbocycles. The molecule has 4 atom stereocenters. The Morgan fingerprint density at radius 2 is 2.05 bits per heavy atom. The van der Waals surface area contributed by atoms with Crippen LogP contribution in [0.25, 0.3) is 0 Å². The summed E-state index contributed by atoms with van der Waals surface area (Å²) in [6, 6.07) is 0. The lowest BCUT2D eigenvalue weighted by atomic mass is 10.1. The molecule has 0 bridgehead atoms. The molecule has 1 aromatic rings. The standard InChI is InChI=1S/C12H15FN2O6/c1-12(2)20-7-6(4-16)19-10(8(7)21-12)15-3-5(13)9(17)14-11(15)18/h3,6-8,10,16H,4H2,1-2H3,(H,14,17,18)/t6-,7-,8+,10-/m1/s1. The van der Waals surface area contributed by atoms with E-state index in [0.717, 1.165) is 10.8 Å². The van der Waals surface area contributed by atoms with Crippen LogP contribution in [0, 0.1) is 5.82 Å². The number of aliphatic hydroxyl groups excluding tert-OH is 1. The van der Waals surface area contributed by atoms with Crippen LogP contribution < -0.4 is 11.2 Å². The number of ether oxygens (including phenoxy) is 3. The van der Waals surface area contributed by atoms with E-state index in [4.69, 9.17) is 14.2 Å². The summed E-state index contributed by atoms with van der Waals surface area (Å²) in [6.07, 6.45) is -2.22. The second-order valence-electron chi connectivity index (χ2n) is 5.46. The lowest BCUT2D eigenvalue weighted by Crippen LogP contribution is -2.38. The van der Waals surface area contributed by atoms with Gasteiger partial charge in [-0.1, -0.05) is 0 Å². The predicted octanol–water partition coefficient (Wildman–Crippen LogP) is -0.914. The van der Waals surface area contributed by atoms with Crippen molar-refractivity contribution in [2.45, 2.75) is 44.2 Å². The van der Waals surface area contributed by atoms with Gasteiger partial charge < -0.3 is 19.3 Å². The first-order valence-electron chi connectivity index (χ1n) is 6.45. The number of aromatic nitrogens is 2. The molecule has 0 saturated carbocycles. The molecule has 8 nitrogen and oxygen atoms in total. The largest absolute Gasteiger partial charge is 0.394 e. The molecule has 0 radical (unpaired) electrons. The lowest BCUT2D eigenvalue weighted by Gasteiger charge is -2.24. The summed E-state index contributed by atoms with van der Waals surface area (Å²) in [7, 11) is 0. The van der Waals surface area contributed by atoms with Gasteiger partial charge in [0, 0.05) is 0 Å². The summed E-state index contributed by atoms with van der Waals surface area (Å²) in [4.78, 5) is 24.8. The van der Waals surface area contributed by atoms with E-state index in [1.54, 1.807) is 13.8 Å². The van der Waals surface area contributed by atoms with Crippen LogP contribution in [0.15, 0.2) is 15.8 Å². The number of nitrogens with zero attached hydrogens (tertiary/aromatic N) is 1. The third-order valence-electron chi connectivity index (χ3n) is 3.50. The van der Waals surface area contributed by atoms with Gasteiger partial charge in [-0.2, -0.15) is 4.39 Å². The fraction of sp³-hybridized carbons (Fsp3) is 0.667. The summed E-state index contributed by atoms with van der Waals surface area (Å²) in [5, 5.41) is 9.34. The van der Waals surface area contributed by atoms with Crippen molar-refractivity contribution >= 4 is 0 Å². The first kappa shape index (κ1) is 14.4. The summed E-state index contributed by atoms with van der Waals surface area (Å²) >= 11 is 0. The number of H-pyrrole nitrogens is 1. The van der Waals surface area contributed by atoms with Gasteiger partial charge in [0.15, 0.2) is 12.0 Å². The molecule has 2 aliphatic rings. The Labute approximate surface area is 118 Å². The van der Waals surface area contributed by atoms with Crippen molar-refractivity contribution in [3.63, 3.8) is 0 Å². The zero-order valence-electron chi connectivity index (χ0n) is 11.4. The minimum Gasteiger partial charge on any atom is -0.394 e. The van der Waals surface area contributed by atoms with Gasteiger partial charge >= 0.3 is 5.69 Å². The molecular formula is C12H15FN2O6. The van der Waals surface area contributed by atoms with Gasteiger partial charge in [-0.05, 0) is 13.8 Å². The Morgan fingerprint density at radius 1 is 1.38 bits per heavy atom. The van der Waals surface area contributed by atoms with Crippen molar-refractivity contribution in [1.82, 2.24) is 9.55 Å². The van der Waals surface area contributed by atoms with Crippen LogP contribution in [-0.4, -0.2) is 45.4 Å². The Morgan fingerprint density at radius 3 is 2.71 bits per heavy atom. The number of halogens is 1. The van der Waals surface area contributed by atoms with E-state index >= 15 is 0 Å². The monoisotopic (exact) mass is 302 g/mol. The number of aliphatic hydroxyl groups is 1. The van der Waals surface area contributed by atoms with Crippen LogP contribution in [0.4, 0.5) is 4.39 Å². The molecule has 1 aromatic heterocycles. The van der Waals surface area contributed by atoms with Gasteiger partial charge in [0.05, 0.1) is 12.8 Å². The smallest absolute Gasteiger partial charge is 0.330 e. The Balaban J connectivity index is 2.01.